The molecule has 1 aliphatic carbocycles. The molecule has 1 aliphatic heterocycles. The number of oxime groups is 1. The van der Waals surface area contributed by atoms with Gasteiger partial charge in [0.15, 0.2) is 5.71 Å². The van der Waals surface area contributed by atoms with Crippen LogP contribution in [0, 0.1) is 17.2 Å². The van der Waals surface area contributed by atoms with Gasteiger partial charge in [0.25, 0.3) is 0 Å². The zero-order valence-electron chi connectivity index (χ0n) is 16.5. The molecule has 0 unspecified atom stereocenters. The number of benzene rings is 1. The van der Waals surface area contributed by atoms with Gasteiger partial charge in [-0.05, 0) is 63.6 Å². The van der Waals surface area contributed by atoms with Gasteiger partial charge >= 0.3 is 12.3 Å². The Labute approximate surface area is 166 Å². The Hall–Kier alpha value is -2.32. The van der Waals surface area contributed by atoms with E-state index in [0.717, 1.165) is 25.0 Å². The average Bonchev–Trinajstić information content (AvgIpc) is 2.47. The van der Waals surface area contributed by atoms with Gasteiger partial charge in [0.1, 0.15) is 11.4 Å². The molecule has 1 N–H and O–H groups in total. The lowest BCUT2D eigenvalue weighted by atomic mass is 9.56. The number of hydrogen-bond acceptors (Lipinski definition) is 4. The number of ether oxygens (including phenoxy) is 1. The van der Waals surface area contributed by atoms with Crippen LogP contribution in [0.1, 0.15) is 44.7 Å². The molecule has 2 fully saturated rings. The normalized spacial score (nSPS) is 19.7. The third kappa shape index (κ3) is 4.64. The molecule has 0 bridgehead atoms. The summed E-state index contributed by atoms with van der Waals surface area (Å²) >= 11 is 0. The summed E-state index contributed by atoms with van der Waals surface area (Å²) in [6.45, 7) is 6.71. The molecule has 1 aromatic rings. The minimum atomic E-state index is -4.94. The van der Waals surface area contributed by atoms with Crippen LogP contribution in [0.3, 0.4) is 0 Å². The van der Waals surface area contributed by atoms with E-state index in [1.54, 1.807) is 4.90 Å². The van der Waals surface area contributed by atoms with Crippen LogP contribution in [0.25, 0.3) is 0 Å². The summed E-state index contributed by atoms with van der Waals surface area (Å²) in [5.74, 6) is -0.781. The van der Waals surface area contributed by atoms with Gasteiger partial charge in [-0.1, -0.05) is 11.2 Å². The SMILES string of the molecule is CC(C)(C)OC(=O)N1CC2(CC(Cc3ccc(C(=NO)C(F)(F)F)c(F)c3)C2)C1. The van der Waals surface area contributed by atoms with Crippen LogP contribution in [-0.2, 0) is 11.2 Å². The maximum Gasteiger partial charge on any atom is 0.437 e. The Kier molecular flexibility index (Phi) is 5.29. The predicted molar refractivity (Wildman–Crippen MR) is 97.4 cm³/mol. The van der Waals surface area contributed by atoms with E-state index in [0.29, 0.717) is 25.1 Å². The van der Waals surface area contributed by atoms with Crippen molar-refractivity contribution >= 4 is 11.8 Å². The van der Waals surface area contributed by atoms with Crippen LogP contribution < -0.4 is 0 Å². The second-order valence-corrected chi connectivity index (χ2v) is 9.08. The van der Waals surface area contributed by atoms with Gasteiger partial charge in [0.2, 0.25) is 0 Å². The lowest BCUT2D eigenvalue weighted by Crippen LogP contribution is -2.64. The van der Waals surface area contributed by atoms with Crippen molar-refractivity contribution in [3.05, 3.63) is 35.1 Å². The standard InChI is InChI=1S/C20H24F4N2O3/c1-18(2,3)29-17(27)26-10-19(11-26)8-13(9-19)6-12-4-5-14(15(21)7-12)16(25-28)20(22,23)24/h4-5,7,13,28H,6,8-11H2,1-3H3. The van der Waals surface area contributed by atoms with Crippen molar-refractivity contribution in [1.82, 2.24) is 4.90 Å². The van der Waals surface area contributed by atoms with Crippen molar-refractivity contribution in [2.24, 2.45) is 16.5 Å². The molecule has 2 aliphatic rings. The largest absolute Gasteiger partial charge is 0.444 e. The summed E-state index contributed by atoms with van der Waals surface area (Å²) < 4.78 is 57.8. The smallest absolute Gasteiger partial charge is 0.437 e. The highest BCUT2D eigenvalue weighted by atomic mass is 19.4. The molecule has 29 heavy (non-hydrogen) atoms. The second kappa shape index (κ2) is 7.18. The number of rotatable bonds is 3. The topological polar surface area (TPSA) is 62.1 Å². The molecule has 0 aromatic heterocycles. The number of halogens is 4. The highest BCUT2D eigenvalue weighted by Crippen LogP contribution is 2.53. The van der Waals surface area contributed by atoms with Crippen LogP contribution in [0.4, 0.5) is 22.4 Å². The fourth-order valence-electron chi connectivity index (χ4n) is 4.26. The summed E-state index contributed by atoms with van der Waals surface area (Å²) in [4.78, 5) is 13.7. The van der Waals surface area contributed by atoms with Crippen molar-refractivity contribution in [3.63, 3.8) is 0 Å². The first-order chi connectivity index (χ1) is 13.3. The molecule has 1 saturated carbocycles. The maximum absolute atomic E-state index is 14.1. The average molecular weight is 416 g/mol. The van der Waals surface area contributed by atoms with Crippen molar-refractivity contribution in [3.8, 4) is 0 Å². The summed E-state index contributed by atoms with van der Waals surface area (Å²) in [7, 11) is 0. The van der Waals surface area contributed by atoms with Crippen molar-refractivity contribution < 1.29 is 32.3 Å². The first-order valence-corrected chi connectivity index (χ1v) is 9.38. The van der Waals surface area contributed by atoms with E-state index in [1.165, 1.54) is 6.07 Å². The summed E-state index contributed by atoms with van der Waals surface area (Å²) in [5.41, 5.74) is -2.30. The number of alkyl halides is 3. The quantitative estimate of drug-likeness (QED) is 0.335. The first kappa shape index (κ1) is 21.4. The van der Waals surface area contributed by atoms with E-state index >= 15 is 0 Å². The molecule has 3 rings (SSSR count). The Balaban J connectivity index is 1.53. The molecular weight excluding hydrogens is 392 g/mol. The molecule has 9 heteroatoms. The Morgan fingerprint density at radius 3 is 2.38 bits per heavy atom. The van der Waals surface area contributed by atoms with Gasteiger partial charge in [-0.2, -0.15) is 13.2 Å². The molecular formula is C20H24F4N2O3. The van der Waals surface area contributed by atoms with Crippen molar-refractivity contribution in [2.75, 3.05) is 13.1 Å². The molecule has 5 nitrogen and oxygen atoms in total. The van der Waals surface area contributed by atoms with Gasteiger partial charge in [0.05, 0.1) is 0 Å². The number of likely N-dealkylation sites (tertiary alicyclic amines) is 1. The molecule has 1 spiro atoms. The maximum atomic E-state index is 14.1. The summed E-state index contributed by atoms with van der Waals surface area (Å²) in [6, 6.07) is 3.48. The minimum Gasteiger partial charge on any atom is -0.444 e. The predicted octanol–water partition coefficient (Wildman–Crippen LogP) is 4.76. The third-order valence-electron chi connectivity index (χ3n) is 5.33. The summed E-state index contributed by atoms with van der Waals surface area (Å²) in [5, 5.41) is 10.8. The van der Waals surface area contributed by atoms with E-state index in [9.17, 15) is 22.4 Å². The molecule has 1 amide bonds. The van der Waals surface area contributed by atoms with E-state index in [2.05, 4.69) is 5.16 Å². The zero-order valence-corrected chi connectivity index (χ0v) is 16.5. The lowest BCUT2D eigenvalue weighted by Gasteiger charge is -2.59. The highest BCUT2D eigenvalue weighted by molar-refractivity contribution is 6.04. The van der Waals surface area contributed by atoms with Crippen LogP contribution in [0.15, 0.2) is 23.4 Å². The Bertz CT molecular complexity index is 816. The number of nitrogens with zero attached hydrogens (tertiary/aromatic N) is 2. The van der Waals surface area contributed by atoms with Crippen LogP contribution in [-0.4, -0.2) is 46.8 Å². The number of carbonyl (C=O) groups excluding carboxylic acids is 1. The summed E-state index contributed by atoms with van der Waals surface area (Å²) in [6.07, 6.45) is -2.97. The van der Waals surface area contributed by atoms with Gasteiger partial charge in [0, 0.05) is 24.1 Å². The van der Waals surface area contributed by atoms with Gasteiger partial charge in [-0.25, -0.2) is 9.18 Å². The molecule has 0 atom stereocenters. The van der Waals surface area contributed by atoms with E-state index < -0.39 is 28.9 Å². The molecule has 0 radical (unpaired) electrons. The Morgan fingerprint density at radius 1 is 1.28 bits per heavy atom. The van der Waals surface area contributed by atoms with Crippen LogP contribution >= 0.6 is 0 Å². The van der Waals surface area contributed by atoms with E-state index in [1.807, 2.05) is 20.8 Å². The second-order valence-electron chi connectivity index (χ2n) is 9.08. The van der Waals surface area contributed by atoms with Crippen LogP contribution in [0.2, 0.25) is 0 Å². The molecule has 1 aromatic carbocycles. The van der Waals surface area contributed by atoms with Crippen molar-refractivity contribution in [1.29, 1.82) is 0 Å². The third-order valence-corrected chi connectivity index (χ3v) is 5.33. The Morgan fingerprint density at radius 2 is 1.90 bits per heavy atom. The first-order valence-electron chi connectivity index (χ1n) is 9.38. The monoisotopic (exact) mass is 416 g/mol. The van der Waals surface area contributed by atoms with Gasteiger partial charge in [-0.3, -0.25) is 0 Å². The zero-order chi connectivity index (χ0) is 21.6. The van der Waals surface area contributed by atoms with Gasteiger partial charge in [-0.15, -0.1) is 0 Å². The highest BCUT2D eigenvalue weighted by Gasteiger charge is 2.54. The molecule has 160 valence electrons. The fraction of sp³-hybridized carbons (Fsp3) is 0.600. The van der Waals surface area contributed by atoms with Gasteiger partial charge < -0.3 is 14.8 Å². The van der Waals surface area contributed by atoms with Crippen molar-refractivity contribution in [2.45, 2.75) is 51.8 Å². The number of hydrogen-bond donors (Lipinski definition) is 1. The van der Waals surface area contributed by atoms with E-state index in [-0.39, 0.29) is 17.4 Å². The fourth-order valence-corrected chi connectivity index (χ4v) is 4.26. The number of amides is 1. The molecule has 1 heterocycles. The number of carbonyl (C=O) groups is 1. The lowest BCUT2D eigenvalue weighted by molar-refractivity contribution is -0.0947. The molecule has 1 saturated heterocycles. The van der Waals surface area contributed by atoms with Crippen LogP contribution in [0.5, 0.6) is 0 Å². The van der Waals surface area contributed by atoms with E-state index in [4.69, 9.17) is 9.94 Å². The minimum absolute atomic E-state index is 0.0764.